The van der Waals surface area contributed by atoms with Crippen molar-refractivity contribution in [1.29, 1.82) is 0 Å². The molecule has 16 heavy (non-hydrogen) atoms. The molecule has 1 atom stereocenters. The summed E-state index contributed by atoms with van der Waals surface area (Å²) >= 11 is 0. The van der Waals surface area contributed by atoms with Gasteiger partial charge < -0.3 is 20.2 Å². The molecule has 0 heterocycles. The molecule has 0 amide bonds. The van der Waals surface area contributed by atoms with Crippen LogP contribution in [0, 0.1) is 0 Å². The van der Waals surface area contributed by atoms with Crippen molar-refractivity contribution < 1.29 is 9.53 Å². The Labute approximate surface area is 96.0 Å². The Morgan fingerprint density at radius 3 is 2.81 bits per heavy atom. The molecule has 4 heteroatoms. The van der Waals surface area contributed by atoms with E-state index in [4.69, 9.17) is 10.5 Å². The number of nitrogens with two attached hydrogens (primary N) is 1. The lowest BCUT2D eigenvalue weighted by Crippen LogP contribution is -2.29. The van der Waals surface area contributed by atoms with E-state index in [0.29, 0.717) is 6.29 Å². The topological polar surface area (TPSA) is 55.6 Å². The molecule has 0 saturated carbocycles. The molecule has 1 rings (SSSR count). The minimum Gasteiger partial charge on any atom is -0.489 e. The van der Waals surface area contributed by atoms with Crippen molar-refractivity contribution >= 4 is 12.0 Å². The number of carbonyl (C=O) groups excluding carboxylic acids is 1. The third-order valence-corrected chi connectivity index (χ3v) is 2.36. The molecule has 0 spiro atoms. The number of hydrogen-bond acceptors (Lipinski definition) is 4. The Bertz CT molecular complexity index is 342. The Kier molecular flexibility index (Phi) is 4.79. The smallest absolute Gasteiger partial charge is 0.142 e. The van der Waals surface area contributed by atoms with Gasteiger partial charge in [-0.15, -0.1) is 0 Å². The van der Waals surface area contributed by atoms with Gasteiger partial charge in [-0.25, -0.2) is 0 Å². The van der Waals surface area contributed by atoms with E-state index in [9.17, 15) is 4.79 Å². The Hall–Kier alpha value is -1.55. The fraction of sp³-hybridized carbons (Fsp3) is 0.417. The van der Waals surface area contributed by atoms with Crippen molar-refractivity contribution in [2.75, 3.05) is 25.1 Å². The van der Waals surface area contributed by atoms with E-state index in [-0.39, 0.29) is 6.61 Å². The molecule has 0 radical (unpaired) electrons. The number of aldehydes is 1. The third-order valence-electron chi connectivity index (χ3n) is 2.36. The highest BCUT2D eigenvalue weighted by atomic mass is 16.5. The molecule has 0 saturated heterocycles. The summed E-state index contributed by atoms with van der Waals surface area (Å²) in [7, 11) is 1.99. The quantitative estimate of drug-likeness (QED) is 0.731. The average Bonchev–Trinajstić information content (AvgIpc) is 2.35. The molecule has 1 aromatic carbocycles. The molecule has 88 valence electrons. The second kappa shape index (κ2) is 6.12. The maximum absolute atomic E-state index is 10.4. The molecule has 4 nitrogen and oxygen atoms in total. The van der Waals surface area contributed by atoms with Gasteiger partial charge in [-0.05, 0) is 19.1 Å². The average molecular weight is 222 g/mol. The minimum atomic E-state index is -0.569. The van der Waals surface area contributed by atoms with E-state index in [1.807, 2.05) is 31.3 Å². The summed E-state index contributed by atoms with van der Waals surface area (Å²) in [6.45, 7) is 3.16. The highest BCUT2D eigenvalue weighted by molar-refractivity contribution is 5.59. The third kappa shape index (κ3) is 3.24. The fourth-order valence-corrected chi connectivity index (χ4v) is 1.29. The maximum Gasteiger partial charge on any atom is 0.142 e. The molecule has 0 aliphatic carbocycles. The first-order chi connectivity index (χ1) is 7.69. The van der Waals surface area contributed by atoms with Gasteiger partial charge in [-0.3, -0.25) is 0 Å². The van der Waals surface area contributed by atoms with Crippen LogP contribution in [0.25, 0.3) is 0 Å². The lowest BCUT2D eigenvalue weighted by Gasteiger charge is -2.20. The first kappa shape index (κ1) is 12.5. The molecule has 0 aliphatic heterocycles. The van der Waals surface area contributed by atoms with Gasteiger partial charge >= 0.3 is 0 Å². The number of anilines is 1. The SMILES string of the molecule is CCN(C)c1ccccc1OC[C@H](N)C=O. The molecule has 1 aromatic rings. The first-order valence-electron chi connectivity index (χ1n) is 5.32. The molecule has 0 aliphatic rings. The molecule has 2 N–H and O–H groups in total. The van der Waals surface area contributed by atoms with Crippen LogP contribution in [0.15, 0.2) is 24.3 Å². The molecule has 0 aromatic heterocycles. The van der Waals surface area contributed by atoms with Gasteiger partial charge in [-0.1, -0.05) is 12.1 Å². The standard InChI is InChI=1S/C12H18N2O2/c1-3-14(2)11-6-4-5-7-12(11)16-9-10(13)8-15/h4-8,10H,3,9,13H2,1-2H3/t10-/m1/s1. The van der Waals surface area contributed by atoms with Crippen LogP contribution in [0.1, 0.15) is 6.92 Å². The van der Waals surface area contributed by atoms with Crippen molar-refractivity contribution in [2.24, 2.45) is 5.73 Å². The van der Waals surface area contributed by atoms with Gasteiger partial charge in [0, 0.05) is 13.6 Å². The maximum atomic E-state index is 10.4. The summed E-state index contributed by atoms with van der Waals surface area (Å²) in [5, 5.41) is 0. The lowest BCUT2D eigenvalue weighted by atomic mass is 10.2. The summed E-state index contributed by atoms with van der Waals surface area (Å²) in [5.41, 5.74) is 6.48. The van der Waals surface area contributed by atoms with Crippen molar-refractivity contribution in [3.05, 3.63) is 24.3 Å². The number of hydrogen-bond donors (Lipinski definition) is 1. The lowest BCUT2D eigenvalue weighted by molar-refractivity contribution is -0.109. The number of carbonyl (C=O) groups is 1. The Balaban J connectivity index is 2.74. The molecule has 0 bridgehead atoms. The van der Waals surface area contributed by atoms with Gasteiger partial charge in [0.05, 0.1) is 11.7 Å². The van der Waals surface area contributed by atoms with Gasteiger partial charge in [0.25, 0.3) is 0 Å². The van der Waals surface area contributed by atoms with Crippen molar-refractivity contribution in [3.63, 3.8) is 0 Å². The van der Waals surface area contributed by atoms with Crippen LogP contribution in [0.5, 0.6) is 5.75 Å². The molecular formula is C12H18N2O2. The van der Waals surface area contributed by atoms with Crippen molar-refractivity contribution in [3.8, 4) is 5.75 Å². The molecule has 0 fully saturated rings. The number of ether oxygens (including phenoxy) is 1. The normalized spacial score (nSPS) is 11.9. The number of benzene rings is 1. The van der Waals surface area contributed by atoms with Crippen LogP contribution in [0.4, 0.5) is 5.69 Å². The van der Waals surface area contributed by atoms with Crippen LogP contribution >= 0.6 is 0 Å². The second-order valence-corrected chi connectivity index (χ2v) is 3.59. The van der Waals surface area contributed by atoms with Gasteiger partial charge in [-0.2, -0.15) is 0 Å². The van der Waals surface area contributed by atoms with Crippen LogP contribution in [0.3, 0.4) is 0 Å². The number of nitrogens with zero attached hydrogens (tertiary/aromatic N) is 1. The fourth-order valence-electron chi connectivity index (χ4n) is 1.29. The summed E-state index contributed by atoms with van der Waals surface area (Å²) in [6, 6.07) is 7.13. The summed E-state index contributed by atoms with van der Waals surface area (Å²) in [6.07, 6.45) is 0.687. The van der Waals surface area contributed by atoms with Crippen LogP contribution < -0.4 is 15.4 Å². The van der Waals surface area contributed by atoms with E-state index in [0.717, 1.165) is 18.0 Å². The zero-order chi connectivity index (χ0) is 12.0. The van der Waals surface area contributed by atoms with E-state index in [1.54, 1.807) is 0 Å². The largest absolute Gasteiger partial charge is 0.489 e. The van der Waals surface area contributed by atoms with Crippen molar-refractivity contribution in [2.45, 2.75) is 13.0 Å². The van der Waals surface area contributed by atoms with Gasteiger partial charge in [0.1, 0.15) is 18.6 Å². The van der Waals surface area contributed by atoms with Gasteiger partial charge in [0.2, 0.25) is 0 Å². The van der Waals surface area contributed by atoms with Crippen LogP contribution in [-0.4, -0.2) is 32.5 Å². The number of rotatable bonds is 6. The van der Waals surface area contributed by atoms with E-state index in [1.165, 1.54) is 0 Å². The highest BCUT2D eigenvalue weighted by Gasteiger charge is 2.08. The van der Waals surface area contributed by atoms with Gasteiger partial charge in [0.15, 0.2) is 0 Å². The van der Waals surface area contributed by atoms with E-state index < -0.39 is 6.04 Å². The zero-order valence-corrected chi connectivity index (χ0v) is 9.72. The highest BCUT2D eigenvalue weighted by Crippen LogP contribution is 2.26. The Morgan fingerprint density at radius 2 is 2.19 bits per heavy atom. The second-order valence-electron chi connectivity index (χ2n) is 3.59. The predicted molar refractivity (Wildman–Crippen MR) is 64.9 cm³/mol. The summed E-state index contributed by atoms with van der Waals surface area (Å²) in [5.74, 6) is 0.754. The predicted octanol–water partition coefficient (Wildman–Crippen LogP) is 1.05. The zero-order valence-electron chi connectivity index (χ0n) is 9.72. The van der Waals surface area contributed by atoms with Crippen LogP contribution in [-0.2, 0) is 4.79 Å². The van der Waals surface area contributed by atoms with Crippen LogP contribution in [0.2, 0.25) is 0 Å². The molecule has 0 unspecified atom stereocenters. The number of para-hydroxylation sites is 2. The minimum absolute atomic E-state index is 0.206. The molecular weight excluding hydrogens is 204 g/mol. The monoisotopic (exact) mass is 222 g/mol. The summed E-state index contributed by atoms with van der Waals surface area (Å²) < 4.78 is 5.51. The first-order valence-corrected chi connectivity index (χ1v) is 5.32. The van der Waals surface area contributed by atoms with Crippen molar-refractivity contribution in [1.82, 2.24) is 0 Å². The van der Waals surface area contributed by atoms with E-state index in [2.05, 4.69) is 11.8 Å². The summed E-state index contributed by atoms with van der Waals surface area (Å²) in [4.78, 5) is 12.5. The van der Waals surface area contributed by atoms with E-state index >= 15 is 0 Å². The Morgan fingerprint density at radius 1 is 1.50 bits per heavy atom.